The van der Waals surface area contributed by atoms with Gasteiger partial charge in [0.15, 0.2) is 0 Å². The summed E-state index contributed by atoms with van der Waals surface area (Å²) in [5, 5.41) is 0. The van der Waals surface area contributed by atoms with Crippen LogP contribution in [0.3, 0.4) is 0 Å². The third-order valence-corrected chi connectivity index (χ3v) is 5.09. The van der Waals surface area contributed by atoms with Crippen molar-refractivity contribution in [2.24, 2.45) is 5.73 Å². The summed E-state index contributed by atoms with van der Waals surface area (Å²) in [6, 6.07) is 9.51. The lowest BCUT2D eigenvalue weighted by Gasteiger charge is -2.44. The molecule has 1 aromatic rings. The van der Waals surface area contributed by atoms with Gasteiger partial charge in [0, 0.05) is 25.2 Å². The summed E-state index contributed by atoms with van der Waals surface area (Å²) in [5.41, 5.74) is 9.09. The first-order chi connectivity index (χ1) is 10.3. The molecule has 1 aromatic carbocycles. The molecule has 3 rings (SSSR count). The molecule has 1 saturated heterocycles. The van der Waals surface area contributed by atoms with E-state index in [1.165, 1.54) is 36.8 Å². The summed E-state index contributed by atoms with van der Waals surface area (Å²) in [6.45, 7) is 5.03. The van der Waals surface area contributed by atoms with Gasteiger partial charge < -0.3 is 10.5 Å². The van der Waals surface area contributed by atoms with Crippen molar-refractivity contribution < 1.29 is 4.74 Å². The number of nitrogens with zero attached hydrogens (tertiary/aromatic N) is 1. The molecular formula is C18H28N2O. The largest absolute Gasteiger partial charge is 0.375 e. The third-order valence-electron chi connectivity index (χ3n) is 5.09. The van der Waals surface area contributed by atoms with Crippen LogP contribution in [0, 0.1) is 0 Å². The summed E-state index contributed by atoms with van der Waals surface area (Å²) in [4.78, 5) is 2.58. The number of rotatable bonds is 4. The molecule has 0 amide bonds. The van der Waals surface area contributed by atoms with Gasteiger partial charge in [-0.25, -0.2) is 0 Å². The highest BCUT2D eigenvalue weighted by Crippen LogP contribution is 2.29. The van der Waals surface area contributed by atoms with E-state index in [0.29, 0.717) is 12.1 Å². The minimum absolute atomic E-state index is 0.108. The van der Waals surface area contributed by atoms with E-state index in [9.17, 15) is 0 Å². The number of fused-ring (bicyclic) bond motifs is 1. The van der Waals surface area contributed by atoms with Gasteiger partial charge in [0.25, 0.3) is 0 Å². The quantitative estimate of drug-likeness (QED) is 0.926. The Balaban J connectivity index is 1.63. The summed E-state index contributed by atoms with van der Waals surface area (Å²) >= 11 is 0. The zero-order valence-electron chi connectivity index (χ0n) is 13.1. The summed E-state index contributed by atoms with van der Waals surface area (Å²) in [5.74, 6) is 0. The molecule has 2 aliphatic rings. The normalized spacial score (nSPS) is 28.1. The van der Waals surface area contributed by atoms with Gasteiger partial charge in [-0.2, -0.15) is 0 Å². The fourth-order valence-corrected chi connectivity index (χ4v) is 3.76. The van der Waals surface area contributed by atoms with E-state index in [1.807, 2.05) is 0 Å². The van der Waals surface area contributed by atoms with Crippen molar-refractivity contribution in [3.8, 4) is 0 Å². The van der Waals surface area contributed by atoms with Crippen LogP contribution in [-0.2, 0) is 11.2 Å². The van der Waals surface area contributed by atoms with Gasteiger partial charge in [-0.15, -0.1) is 0 Å². The minimum atomic E-state index is 0.108. The number of benzene rings is 1. The molecule has 0 spiro atoms. The molecule has 0 aromatic heterocycles. The van der Waals surface area contributed by atoms with E-state index in [1.54, 1.807) is 0 Å². The number of aryl methyl sites for hydroxylation is 1. The van der Waals surface area contributed by atoms with Gasteiger partial charge in [0.2, 0.25) is 0 Å². The molecule has 3 heteroatoms. The van der Waals surface area contributed by atoms with Crippen LogP contribution in [-0.4, -0.2) is 36.7 Å². The molecule has 0 bridgehead atoms. The number of morpholine rings is 1. The lowest BCUT2D eigenvalue weighted by molar-refractivity contribution is -0.0894. The van der Waals surface area contributed by atoms with Crippen LogP contribution >= 0.6 is 0 Å². The molecule has 1 aliphatic carbocycles. The lowest BCUT2D eigenvalue weighted by atomic mass is 9.89. The zero-order valence-corrected chi connectivity index (χ0v) is 13.1. The van der Waals surface area contributed by atoms with Crippen molar-refractivity contribution in [1.29, 1.82) is 0 Å². The molecule has 116 valence electrons. The lowest BCUT2D eigenvalue weighted by Crippen LogP contribution is -2.54. The summed E-state index contributed by atoms with van der Waals surface area (Å²) < 4.78 is 5.95. The first kappa shape index (κ1) is 15.0. The van der Waals surface area contributed by atoms with Crippen molar-refractivity contribution in [3.63, 3.8) is 0 Å². The van der Waals surface area contributed by atoms with Crippen molar-refractivity contribution in [2.75, 3.05) is 19.7 Å². The molecule has 1 aliphatic heterocycles. The van der Waals surface area contributed by atoms with Crippen LogP contribution in [0.2, 0.25) is 0 Å². The van der Waals surface area contributed by atoms with Crippen molar-refractivity contribution in [3.05, 3.63) is 35.4 Å². The number of hydrogen-bond donors (Lipinski definition) is 1. The number of nitrogens with two attached hydrogens (primary N) is 1. The Morgan fingerprint density at radius 1 is 1.24 bits per heavy atom. The zero-order chi connectivity index (χ0) is 14.7. The van der Waals surface area contributed by atoms with Crippen LogP contribution in [0.5, 0.6) is 0 Å². The Morgan fingerprint density at radius 3 is 2.76 bits per heavy atom. The molecule has 2 fully saturated rings. The van der Waals surface area contributed by atoms with E-state index in [-0.39, 0.29) is 6.04 Å². The highest BCUT2D eigenvalue weighted by molar-refractivity contribution is 5.25. The third kappa shape index (κ3) is 3.47. The molecule has 3 atom stereocenters. The fraction of sp³-hybridized carbons (Fsp3) is 0.667. The fourth-order valence-electron chi connectivity index (χ4n) is 3.76. The molecule has 3 nitrogen and oxygen atoms in total. The average Bonchev–Trinajstić information content (AvgIpc) is 2.55. The predicted octanol–water partition coefficient (Wildman–Crippen LogP) is 2.89. The van der Waals surface area contributed by atoms with E-state index >= 15 is 0 Å². The van der Waals surface area contributed by atoms with Gasteiger partial charge in [0.1, 0.15) is 0 Å². The summed E-state index contributed by atoms with van der Waals surface area (Å²) in [6.07, 6.45) is 6.68. The topological polar surface area (TPSA) is 38.5 Å². The van der Waals surface area contributed by atoms with Crippen molar-refractivity contribution in [2.45, 2.75) is 57.2 Å². The average molecular weight is 288 g/mol. The van der Waals surface area contributed by atoms with Crippen LogP contribution in [0.1, 0.15) is 49.8 Å². The first-order valence-corrected chi connectivity index (χ1v) is 8.48. The SMILES string of the molecule is CCc1ccc(C(N)CN2CCOC3CCCCC32)cc1. The van der Waals surface area contributed by atoms with Gasteiger partial charge >= 0.3 is 0 Å². The Labute approximate surface area is 128 Å². The van der Waals surface area contributed by atoms with E-state index in [2.05, 4.69) is 36.1 Å². The van der Waals surface area contributed by atoms with E-state index < -0.39 is 0 Å². The Kier molecular flexibility index (Phi) is 4.94. The van der Waals surface area contributed by atoms with Crippen molar-refractivity contribution in [1.82, 2.24) is 4.90 Å². The van der Waals surface area contributed by atoms with E-state index in [4.69, 9.17) is 10.5 Å². The van der Waals surface area contributed by atoms with Crippen LogP contribution in [0.25, 0.3) is 0 Å². The standard InChI is InChI=1S/C18H28N2O/c1-2-14-7-9-15(10-8-14)16(19)13-20-11-12-21-18-6-4-3-5-17(18)20/h7-10,16-18H,2-6,11-13,19H2,1H3. The second kappa shape index (κ2) is 6.91. The summed E-state index contributed by atoms with van der Waals surface area (Å²) in [7, 11) is 0. The van der Waals surface area contributed by atoms with Gasteiger partial charge in [-0.1, -0.05) is 44.0 Å². The molecule has 1 saturated carbocycles. The highest BCUT2D eigenvalue weighted by atomic mass is 16.5. The maximum Gasteiger partial charge on any atom is 0.0730 e. The van der Waals surface area contributed by atoms with Crippen LogP contribution in [0.15, 0.2) is 24.3 Å². The maximum absolute atomic E-state index is 6.46. The number of ether oxygens (including phenoxy) is 1. The monoisotopic (exact) mass is 288 g/mol. The smallest absolute Gasteiger partial charge is 0.0730 e. The Hall–Kier alpha value is -0.900. The molecule has 21 heavy (non-hydrogen) atoms. The van der Waals surface area contributed by atoms with Crippen molar-refractivity contribution >= 4 is 0 Å². The molecular weight excluding hydrogens is 260 g/mol. The maximum atomic E-state index is 6.46. The van der Waals surface area contributed by atoms with Gasteiger partial charge in [-0.05, 0) is 30.4 Å². The second-order valence-corrected chi connectivity index (χ2v) is 6.46. The second-order valence-electron chi connectivity index (χ2n) is 6.46. The first-order valence-electron chi connectivity index (χ1n) is 8.48. The minimum Gasteiger partial charge on any atom is -0.375 e. The number of hydrogen-bond acceptors (Lipinski definition) is 3. The highest BCUT2D eigenvalue weighted by Gasteiger charge is 2.34. The molecule has 3 unspecified atom stereocenters. The molecule has 0 radical (unpaired) electrons. The van der Waals surface area contributed by atoms with Gasteiger partial charge in [-0.3, -0.25) is 4.90 Å². The van der Waals surface area contributed by atoms with E-state index in [0.717, 1.165) is 26.1 Å². The van der Waals surface area contributed by atoms with Crippen LogP contribution in [0.4, 0.5) is 0 Å². The predicted molar refractivity (Wildman–Crippen MR) is 86.3 cm³/mol. The molecule has 1 heterocycles. The Bertz CT molecular complexity index is 443. The molecule has 2 N–H and O–H groups in total. The Morgan fingerprint density at radius 2 is 2.00 bits per heavy atom. The van der Waals surface area contributed by atoms with Crippen LogP contribution < -0.4 is 5.73 Å². The van der Waals surface area contributed by atoms with Gasteiger partial charge in [0.05, 0.1) is 12.7 Å².